The number of nitrogens with one attached hydrogen (secondary N) is 1. The number of carbonyl (C=O) groups is 1. The van der Waals surface area contributed by atoms with Crippen LogP contribution in [0.4, 0.5) is 0 Å². The van der Waals surface area contributed by atoms with Crippen molar-refractivity contribution in [3.8, 4) is 0 Å². The minimum absolute atomic E-state index is 0.0956. The van der Waals surface area contributed by atoms with E-state index in [0.29, 0.717) is 6.04 Å². The van der Waals surface area contributed by atoms with Gasteiger partial charge in [0.1, 0.15) is 5.76 Å². The lowest BCUT2D eigenvalue weighted by atomic mass is 10.0. The van der Waals surface area contributed by atoms with Gasteiger partial charge in [-0.1, -0.05) is 23.7 Å². The zero-order chi connectivity index (χ0) is 17.2. The fourth-order valence-corrected chi connectivity index (χ4v) is 3.82. The third-order valence-electron chi connectivity index (χ3n) is 5.29. The largest absolute Gasteiger partial charge is 0.469 e. The average molecular weight is 359 g/mol. The van der Waals surface area contributed by atoms with E-state index in [4.69, 9.17) is 16.0 Å². The normalized spacial score (nSPS) is 24.2. The first-order chi connectivity index (χ1) is 12.2. The predicted octanol–water partition coefficient (Wildman–Crippen LogP) is 3.82. The third kappa shape index (κ3) is 4.07. The number of rotatable bonds is 5. The van der Waals surface area contributed by atoms with Crippen molar-refractivity contribution in [2.24, 2.45) is 5.92 Å². The summed E-state index contributed by atoms with van der Waals surface area (Å²) in [5, 5.41) is 4.02. The molecule has 1 amide bonds. The molecule has 1 saturated carbocycles. The Morgan fingerprint density at radius 2 is 1.96 bits per heavy atom. The van der Waals surface area contributed by atoms with E-state index in [9.17, 15) is 4.79 Å². The van der Waals surface area contributed by atoms with Gasteiger partial charge in [0, 0.05) is 42.5 Å². The Bertz CT molecular complexity index is 706. The van der Waals surface area contributed by atoms with Gasteiger partial charge < -0.3 is 9.73 Å². The predicted molar refractivity (Wildman–Crippen MR) is 97.4 cm³/mol. The number of hydrogen-bond donors (Lipinski definition) is 1. The maximum absolute atomic E-state index is 12.4. The molecule has 25 heavy (non-hydrogen) atoms. The van der Waals surface area contributed by atoms with Gasteiger partial charge in [-0.25, -0.2) is 0 Å². The van der Waals surface area contributed by atoms with Crippen LogP contribution in [0.5, 0.6) is 0 Å². The first kappa shape index (κ1) is 16.7. The van der Waals surface area contributed by atoms with Crippen LogP contribution >= 0.6 is 11.6 Å². The summed E-state index contributed by atoms with van der Waals surface area (Å²) in [7, 11) is 0. The van der Waals surface area contributed by atoms with Crippen molar-refractivity contribution in [1.29, 1.82) is 0 Å². The number of nitrogens with zero attached hydrogens (tertiary/aromatic N) is 1. The quantitative estimate of drug-likeness (QED) is 0.883. The average Bonchev–Trinajstić information content (AvgIpc) is 3.24. The lowest BCUT2D eigenvalue weighted by molar-refractivity contribution is -0.123. The zero-order valence-corrected chi connectivity index (χ0v) is 14.9. The second kappa shape index (κ2) is 7.22. The second-order valence-corrected chi connectivity index (χ2v) is 7.59. The van der Waals surface area contributed by atoms with Crippen LogP contribution in [0.1, 0.15) is 36.5 Å². The van der Waals surface area contributed by atoms with Gasteiger partial charge in [-0.15, -0.1) is 0 Å². The Kier molecular flexibility index (Phi) is 4.82. The lowest BCUT2D eigenvalue weighted by Crippen LogP contribution is -2.44. The minimum atomic E-state index is 0.0956. The number of benzene rings is 1. The van der Waals surface area contributed by atoms with Crippen LogP contribution in [0, 0.1) is 5.92 Å². The molecule has 5 heteroatoms. The number of halogens is 1. The fourth-order valence-electron chi connectivity index (χ4n) is 3.69. The lowest BCUT2D eigenvalue weighted by Gasteiger charge is -2.32. The van der Waals surface area contributed by atoms with Crippen molar-refractivity contribution in [3.63, 3.8) is 0 Å². The van der Waals surface area contributed by atoms with Crippen molar-refractivity contribution in [2.75, 3.05) is 13.1 Å². The van der Waals surface area contributed by atoms with Crippen LogP contribution in [-0.2, 0) is 11.3 Å². The van der Waals surface area contributed by atoms with E-state index in [1.807, 2.05) is 24.3 Å². The van der Waals surface area contributed by atoms with Crippen LogP contribution in [0.25, 0.3) is 0 Å². The highest BCUT2D eigenvalue weighted by molar-refractivity contribution is 6.30. The summed E-state index contributed by atoms with van der Waals surface area (Å²) in [5.41, 5.74) is 1.28. The van der Waals surface area contributed by atoms with E-state index in [1.165, 1.54) is 5.56 Å². The topological polar surface area (TPSA) is 45.5 Å². The van der Waals surface area contributed by atoms with Crippen LogP contribution in [0.15, 0.2) is 47.1 Å². The molecule has 1 aliphatic heterocycles. The Hall–Kier alpha value is -1.78. The van der Waals surface area contributed by atoms with Crippen molar-refractivity contribution in [3.05, 3.63) is 59.0 Å². The molecule has 2 atom stereocenters. The summed E-state index contributed by atoms with van der Waals surface area (Å²) in [5.74, 6) is 1.51. The summed E-state index contributed by atoms with van der Waals surface area (Å²) in [6, 6.07) is 12.2. The molecule has 2 unspecified atom stereocenters. The number of carbonyl (C=O) groups excluding carboxylic acids is 1. The Balaban J connectivity index is 1.21. The molecule has 2 heterocycles. The third-order valence-corrected chi connectivity index (χ3v) is 5.54. The van der Waals surface area contributed by atoms with Gasteiger partial charge >= 0.3 is 0 Å². The van der Waals surface area contributed by atoms with Gasteiger partial charge in [-0.2, -0.15) is 0 Å². The van der Waals surface area contributed by atoms with E-state index in [1.54, 1.807) is 6.26 Å². The standard InChI is InChI=1S/C20H23ClN2O2/c21-15-5-3-14(4-6-15)13-23-9-7-16(8-10-23)22-20(24)18-12-17(18)19-2-1-11-25-19/h1-6,11,16-18H,7-10,12-13H2,(H,22,24). The molecule has 1 N–H and O–H groups in total. The van der Waals surface area contributed by atoms with Gasteiger partial charge in [-0.05, 0) is 49.1 Å². The molecule has 1 aromatic heterocycles. The molecule has 0 radical (unpaired) electrons. The number of hydrogen-bond acceptors (Lipinski definition) is 3. The van der Waals surface area contributed by atoms with E-state index in [2.05, 4.69) is 22.3 Å². The smallest absolute Gasteiger partial charge is 0.224 e. The van der Waals surface area contributed by atoms with Gasteiger partial charge in [0.25, 0.3) is 0 Å². The van der Waals surface area contributed by atoms with Gasteiger partial charge in [0.05, 0.1) is 6.26 Å². The molecule has 1 saturated heterocycles. The highest BCUT2D eigenvalue weighted by atomic mass is 35.5. The monoisotopic (exact) mass is 358 g/mol. The maximum Gasteiger partial charge on any atom is 0.224 e. The minimum Gasteiger partial charge on any atom is -0.469 e. The van der Waals surface area contributed by atoms with Crippen LogP contribution in [-0.4, -0.2) is 29.9 Å². The molecule has 4 nitrogen and oxygen atoms in total. The van der Waals surface area contributed by atoms with Crippen LogP contribution in [0.2, 0.25) is 5.02 Å². The number of furan rings is 1. The molecule has 4 rings (SSSR count). The molecular formula is C20H23ClN2O2. The number of amides is 1. The molecule has 1 aliphatic carbocycles. The Morgan fingerprint density at radius 1 is 1.20 bits per heavy atom. The summed E-state index contributed by atoms with van der Waals surface area (Å²) in [4.78, 5) is 14.8. The number of piperidine rings is 1. The molecule has 2 fully saturated rings. The van der Waals surface area contributed by atoms with Crippen molar-refractivity contribution >= 4 is 17.5 Å². The van der Waals surface area contributed by atoms with E-state index >= 15 is 0 Å². The maximum atomic E-state index is 12.4. The van der Waals surface area contributed by atoms with Crippen LogP contribution < -0.4 is 5.32 Å². The molecule has 0 bridgehead atoms. The molecule has 2 aromatic rings. The zero-order valence-electron chi connectivity index (χ0n) is 14.2. The van der Waals surface area contributed by atoms with E-state index in [0.717, 1.165) is 49.7 Å². The molecule has 0 spiro atoms. The van der Waals surface area contributed by atoms with Crippen molar-refractivity contribution < 1.29 is 9.21 Å². The molecule has 1 aromatic carbocycles. The van der Waals surface area contributed by atoms with Crippen molar-refractivity contribution in [2.45, 2.75) is 37.8 Å². The van der Waals surface area contributed by atoms with Crippen molar-refractivity contribution in [1.82, 2.24) is 10.2 Å². The van der Waals surface area contributed by atoms with Crippen LogP contribution in [0.3, 0.4) is 0 Å². The van der Waals surface area contributed by atoms with E-state index in [-0.39, 0.29) is 17.7 Å². The highest BCUT2D eigenvalue weighted by Gasteiger charge is 2.46. The number of likely N-dealkylation sites (tertiary alicyclic amines) is 1. The molecular weight excluding hydrogens is 336 g/mol. The summed E-state index contributed by atoms with van der Waals surface area (Å²) in [6.07, 6.45) is 4.61. The van der Waals surface area contributed by atoms with Gasteiger partial charge in [0.2, 0.25) is 5.91 Å². The highest BCUT2D eigenvalue weighted by Crippen LogP contribution is 2.47. The molecule has 2 aliphatic rings. The first-order valence-electron chi connectivity index (χ1n) is 8.99. The summed E-state index contributed by atoms with van der Waals surface area (Å²) < 4.78 is 5.41. The fraction of sp³-hybridized carbons (Fsp3) is 0.450. The van der Waals surface area contributed by atoms with Gasteiger partial charge in [0.15, 0.2) is 0 Å². The summed E-state index contributed by atoms with van der Waals surface area (Å²) >= 11 is 5.94. The van der Waals surface area contributed by atoms with E-state index < -0.39 is 0 Å². The SMILES string of the molecule is O=C(NC1CCN(Cc2ccc(Cl)cc2)CC1)C1CC1c1ccco1. The summed E-state index contributed by atoms with van der Waals surface area (Å²) in [6.45, 7) is 2.97. The van der Waals surface area contributed by atoms with Gasteiger partial charge in [-0.3, -0.25) is 9.69 Å². The Labute approximate surface area is 153 Å². The Morgan fingerprint density at radius 3 is 2.64 bits per heavy atom. The first-order valence-corrected chi connectivity index (χ1v) is 9.37. The second-order valence-electron chi connectivity index (χ2n) is 7.15. The molecule has 132 valence electrons.